The fraction of sp³-hybridized carbons (Fsp3) is 0. The van der Waals surface area contributed by atoms with Crippen LogP contribution >= 0.6 is 22.6 Å². The van der Waals surface area contributed by atoms with E-state index < -0.39 is 16.0 Å². The van der Waals surface area contributed by atoms with Crippen molar-refractivity contribution in [2.24, 2.45) is 0 Å². The number of carboxylic acid groups (broad SMARTS) is 1. The highest BCUT2D eigenvalue weighted by atomic mass is 127. The van der Waals surface area contributed by atoms with Gasteiger partial charge in [0.25, 0.3) is 10.0 Å². The van der Waals surface area contributed by atoms with E-state index in [4.69, 9.17) is 5.11 Å². The highest BCUT2D eigenvalue weighted by molar-refractivity contribution is 14.1. The van der Waals surface area contributed by atoms with Crippen LogP contribution < -0.4 is 4.72 Å². The summed E-state index contributed by atoms with van der Waals surface area (Å²) in [5, 5.41) is 8.51. The number of halogens is 1. The van der Waals surface area contributed by atoms with E-state index in [1.54, 1.807) is 24.3 Å². The summed E-state index contributed by atoms with van der Waals surface area (Å²) in [7, 11) is -3.84. The molecule has 2 N–H and O–H groups in total. The number of rotatable bonds is 4. The van der Waals surface area contributed by atoms with Gasteiger partial charge in [-0.3, -0.25) is 4.72 Å². The van der Waals surface area contributed by atoms with Gasteiger partial charge in [-0.05, 0) is 46.9 Å². The molecule has 104 valence electrons. The molecular weight excluding hydrogens is 395 g/mol. The monoisotopic (exact) mass is 404 g/mol. The lowest BCUT2D eigenvalue weighted by Crippen LogP contribution is -2.15. The number of para-hydroxylation sites is 1. The van der Waals surface area contributed by atoms with Crippen LogP contribution in [0.2, 0.25) is 0 Å². The first-order chi connectivity index (χ1) is 9.40. The maximum absolute atomic E-state index is 12.1. The van der Waals surface area contributed by atoms with Crippen molar-refractivity contribution in [3.8, 4) is 0 Å². The largest absolute Gasteiger partial charge is 0.478 e. The van der Waals surface area contributed by atoms with Crippen LogP contribution in [0.3, 0.4) is 0 Å². The number of aromatic nitrogens is 1. The molecule has 0 aliphatic rings. The zero-order chi connectivity index (χ0) is 14.8. The zero-order valence-corrected chi connectivity index (χ0v) is 12.9. The number of nitrogens with one attached hydrogen (secondary N) is 1. The van der Waals surface area contributed by atoms with Gasteiger partial charge in [0.1, 0.15) is 0 Å². The van der Waals surface area contributed by atoms with Crippen molar-refractivity contribution >= 4 is 44.3 Å². The number of anilines is 1. The van der Waals surface area contributed by atoms with Gasteiger partial charge >= 0.3 is 5.97 Å². The summed E-state index contributed by atoms with van der Waals surface area (Å²) in [6, 6.07) is 9.24. The quantitative estimate of drug-likeness (QED) is 0.762. The molecule has 0 fully saturated rings. The third-order valence-corrected chi connectivity index (χ3v) is 4.60. The normalized spacial score (nSPS) is 11.1. The van der Waals surface area contributed by atoms with E-state index in [0.717, 1.165) is 15.8 Å². The highest BCUT2D eigenvalue weighted by Gasteiger charge is 2.17. The van der Waals surface area contributed by atoms with E-state index >= 15 is 0 Å². The molecule has 1 aromatic heterocycles. The van der Waals surface area contributed by atoms with Gasteiger partial charge in [-0.25, -0.2) is 9.78 Å². The summed E-state index contributed by atoms with van der Waals surface area (Å²) in [4.78, 5) is 14.4. The van der Waals surface area contributed by atoms with Crippen LogP contribution in [-0.2, 0) is 10.0 Å². The Morgan fingerprint density at radius 2 is 1.90 bits per heavy atom. The van der Waals surface area contributed by atoms with Gasteiger partial charge in [-0.15, -0.1) is 0 Å². The van der Waals surface area contributed by atoms with Crippen molar-refractivity contribution in [3.63, 3.8) is 0 Å². The molecule has 0 saturated carbocycles. The number of nitrogens with zero attached hydrogens (tertiary/aromatic N) is 1. The molecule has 0 aliphatic heterocycles. The number of hydrogen-bond acceptors (Lipinski definition) is 4. The van der Waals surface area contributed by atoms with Crippen LogP contribution in [0.4, 0.5) is 5.69 Å². The van der Waals surface area contributed by atoms with Crippen LogP contribution in [-0.4, -0.2) is 24.5 Å². The van der Waals surface area contributed by atoms with Gasteiger partial charge in [-0.1, -0.05) is 12.1 Å². The van der Waals surface area contributed by atoms with E-state index in [1.165, 1.54) is 6.07 Å². The van der Waals surface area contributed by atoms with E-state index in [9.17, 15) is 13.2 Å². The Bertz CT molecular complexity index is 744. The maximum atomic E-state index is 12.1. The summed E-state index contributed by atoms with van der Waals surface area (Å²) < 4.78 is 27.4. The Labute approximate surface area is 129 Å². The third kappa shape index (κ3) is 3.25. The lowest BCUT2D eigenvalue weighted by atomic mass is 10.3. The first-order valence-electron chi connectivity index (χ1n) is 5.37. The number of pyridine rings is 1. The van der Waals surface area contributed by atoms with Gasteiger partial charge < -0.3 is 5.11 Å². The average Bonchev–Trinajstić information content (AvgIpc) is 2.41. The topological polar surface area (TPSA) is 96.4 Å². The molecule has 2 rings (SSSR count). The van der Waals surface area contributed by atoms with Crippen LogP contribution in [0.15, 0.2) is 47.6 Å². The molecule has 0 aliphatic carbocycles. The second-order valence-electron chi connectivity index (χ2n) is 3.78. The predicted octanol–water partition coefficient (Wildman–Crippen LogP) is 2.19. The fourth-order valence-electron chi connectivity index (χ4n) is 1.41. The van der Waals surface area contributed by atoms with Crippen molar-refractivity contribution in [1.82, 2.24) is 4.98 Å². The third-order valence-electron chi connectivity index (χ3n) is 2.38. The Kier molecular flexibility index (Phi) is 4.23. The predicted molar refractivity (Wildman–Crippen MR) is 81.2 cm³/mol. The Morgan fingerprint density at radius 1 is 1.20 bits per heavy atom. The lowest BCUT2D eigenvalue weighted by Gasteiger charge is -2.08. The van der Waals surface area contributed by atoms with Crippen LogP contribution in [0, 0.1) is 3.57 Å². The number of sulfonamides is 1. The SMILES string of the molecule is O=C(O)c1ccc(S(=O)(=O)Nc2ccccc2I)nc1. The second kappa shape index (κ2) is 5.75. The minimum absolute atomic E-state index is 0.0711. The molecule has 0 spiro atoms. The number of carbonyl (C=O) groups is 1. The number of hydrogen-bond donors (Lipinski definition) is 2. The minimum Gasteiger partial charge on any atom is -0.478 e. The number of benzene rings is 1. The number of carboxylic acids is 1. The van der Waals surface area contributed by atoms with Gasteiger partial charge in [0.2, 0.25) is 0 Å². The molecule has 1 aromatic carbocycles. The Morgan fingerprint density at radius 3 is 2.45 bits per heavy atom. The Hall–Kier alpha value is -1.68. The van der Waals surface area contributed by atoms with Crippen LogP contribution in [0.1, 0.15) is 10.4 Å². The molecule has 0 bridgehead atoms. The zero-order valence-electron chi connectivity index (χ0n) is 9.95. The van der Waals surface area contributed by atoms with Gasteiger partial charge in [-0.2, -0.15) is 8.42 Å². The van der Waals surface area contributed by atoms with E-state index in [0.29, 0.717) is 5.69 Å². The summed E-state index contributed by atoms with van der Waals surface area (Å²) in [5.41, 5.74) is 0.371. The van der Waals surface area contributed by atoms with Crippen molar-refractivity contribution < 1.29 is 18.3 Å². The second-order valence-corrected chi connectivity index (χ2v) is 6.57. The molecule has 6 nitrogen and oxygen atoms in total. The highest BCUT2D eigenvalue weighted by Crippen LogP contribution is 2.20. The molecular formula is C12H9IN2O4S. The van der Waals surface area contributed by atoms with E-state index in [2.05, 4.69) is 9.71 Å². The molecule has 0 radical (unpaired) electrons. The summed E-state index contributed by atoms with van der Waals surface area (Å²) in [5.74, 6) is -1.16. The molecule has 8 heteroatoms. The molecule has 0 saturated heterocycles. The van der Waals surface area contributed by atoms with E-state index in [1.807, 2.05) is 22.6 Å². The molecule has 20 heavy (non-hydrogen) atoms. The Balaban J connectivity index is 2.31. The fourth-order valence-corrected chi connectivity index (χ4v) is 3.12. The molecule has 0 atom stereocenters. The first kappa shape index (κ1) is 14.7. The summed E-state index contributed by atoms with van der Waals surface area (Å²) >= 11 is 2.01. The summed E-state index contributed by atoms with van der Waals surface area (Å²) in [6.07, 6.45) is 1.01. The molecule has 2 aromatic rings. The van der Waals surface area contributed by atoms with Crippen molar-refractivity contribution in [1.29, 1.82) is 0 Å². The molecule has 1 heterocycles. The average molecular weight is 404 g/mol. The molecule has 0 unspecified atom stereocenters. The lowest BCUT2D eigenvalue weighted by molar-refractivity contribution is 0.0696. The van der Waals surface area contributed by atoms with Crippen molar-refractivity contribution in [2.75, 3.05) is 4.72 Å². The van der Waals surface area contributed by atoms with Crippen LogP contribution in [0.5, 0.6) is 0 Å². The van der Waals surface area contributed by atoms with E-state index in [-0.39, 0.29) is 10.6 Å². The first-order valence-corrected chi connectivity index (χ1v) is 7.93. The van der Waals surface area contributed by atoms with Crippen molar-refractivity contribution in [2.45, 2.75) is 5.03 Å². The van der Waals surface area contributed by atoms with Crippen molar-refractivity contribution in [3.05, 3.63) is 51.7 Å². The number of aromatic carboxylic acids is 1. The summed E-state index contributed by atoms with van der Waals surface area (Å²) in [6.45, 7) is 0. The maximum Gasteiger partial charge on any atom is 0.337 e. The molecule has 0 amide bonds. The van der Waals surface area contributed by atoms with Crippen LogP contribution in [0.25, 0.3) is 0 Å². The van der Waals surface area contributed by atoms with Gasteiger partial charge in [0, 0.05) is 9.77 Å². The smallest absolute Gasteiger partial charge is 0.337 e. The standard InChI is InChI=1S/C12H9IN2O4S/c13-9-3-1-2-4-10(9)15-20(18,19)11-6-5-8(7-14-11)12(16)17/h1-7,15H,(H,16,17). The van der Waals surface area contributed by atoms with Gasteiger partial charge in [0.15, 0.2) is 5.03 Å². The minimum atomic E-state index is -3.84. The van der Waals surface area contributed by atoms with Gasteiger partial charge in [0.05, 0.1) is 11.3 Å².